The van der Waals surface area contributed by atoms with E-state index in [1.165, 1.54) is 0 Å². The average molecular weight is 332 g/mol. The lowest BCUT2D eigenvalue weighted by Crippen LogP contribution is -2.43. The molecule has 0 spiro atoms. The van der Waals surface area contributed by atoms with Crippen LogP contribution in [0.5, 0.6) is 5.75 Å². The second-order valence-corrected chi connectivity index (χ2v) is 6.27. The van der Waals surface area contributed by atoms with Gasteiger partial charge in [0, 0.05) is 12.7 Å². The molecule has 0 aliphatic rings. The fourth-order valence-electron chi connectivity index (χ4n) is 2.38. The number of nitrogens with one attached hydrogen (secondary N) is 1. The Morgan fingerprint density at radius 1 is 1.33 bits per heavy atom. The largest absolute Gasteiger partial charge is 0.491 e. The van der Waals surface area contributed by atoms with Gasteiger partial charge in [-0.3, -0.25) is 4.79 Å². The highest BCUT2D eigenvalue weighted by atomic mass is 16.5. The summed E-state index contributed by atoms with van der Waals surface area (Å²) >= 11 is 0. The van der Waals surface area contributed by atoms with Crippen LogP contribution in [0.15, 0.2) is 18.2 Å². The fraction of sp³-hybridized carbons (Fsp3) is 0.579. The molecule has 132 valence electrons. The molecule has 0 saturated heterocycles. The summed E-state index contributed by atoms with van der Waals surface area (Å²) in [6.07, 6.45) is 2.32. The summed E-state index contributed by atoms with van der Waals surface area (Å²) in [5, 5.41) is 12.2. The van der Waals surface area contributed by atoms with Crippen molar-refractivity contribution in [1.82, 2.24) is 0 Å². The predicted octanol–water partition coefficient (Wildman–Crippen LogP) is 4.27. The number of amides is 1. The zero-order valence-corrected chi connectivity index (χ0v) is 15.3. The Morgan fingerprint density at radius 3 is 2.58 bits per heavy atom. The van der Waals surface area contributed by atoms with Crippen molar-refractivity contribution < 1.29 is 14.3 Å². The first-order valence-corrected chi connectivity index (χ1v) is 8.52. The molecule has 0 heterocycles. The molecule has 0 unspecified atom stereocenters. The summed E-state index contributed by atoms with van der Waals surface area (Å²) in [6.45, 7) is 10.2. The van der Waals surface area contributed by atoms with E-state index >= 15 is 0 Å². The Bertz CT molecular complexity index is 593. The molecule has 0 fully saturated rings. The van der Waals surface area contributed by atoms with Crippen LogP contribution in [0.1, 0.15) is 59.4 Å². The summed E-state index contributed by atoms with van der Waals surface area (Å²) in [6, 6.07) is 7.19. The van der Waals surface area contributed by atoms with Crippen LogP contribution in [0.25, 0.3) is 0 Å². The minimum atomic E-state index is -0.898. The van der Waals surface area contributed by atoms with E-state index in [-0.39, 0.29) is 12.0 Å². The second-order valence-electron chi connectivity index (χ2n) is 6.27. The molecule has 1 rings (SSSR count). The lowest BCUT2D eigenvalue weighted by molar-refractivity contribution is -0.140. The molecule has 0 aliphatic heterocycles. The van der Waals surface area contributed by atoms with Crippen LogP contribution in [-0.4, -0.2) is 24.2 Å². The van der Waals surface area contributed by atoms with Crippen LogP contribution in [0.3, 0.4) is 0 Å². The van der Waals surface area contributed by atoms with Gasteiger partial charge in [-0.25, -0.2) is 0 Å². The van der Waals surface area contributed by atoms with E-state index in [2.05, 4.69) is 11.4 Å². The van der Waals surface area contributed by atoms with Gasteiger partial charge in [0.05, 0.1) is 17.4 Å². The maximum atomic E-state index is 12.7. The van der Waals surface area contributed by atoms with E-state index < -0.39 is 5.60 Å². The third-order valence-corrected chi connectivity index (χ3v) is 3.56. The van der Waals surface area contributed by atoms with E-state index in [0.717, 1.165) is 12.8 Å². The van der Waals surface area contributed by atoms with Gasteiger partial charge in [-0.15, -0.1) is 0 Å². The van der Waals surface area contributed by atoms with Crippen LogP contribution in [0.2, 0.25) is 0 Å². The summed E-state index contributed by atoms with van der Waals surface area (Å²) in [5.74, 6) is 0.380. The summed E-state index contributed by atoms with van der Waals surface area (Å²) in [4.78, 5) is 12.7. The molecule has 5 nitrogen and oxygen atoms in total. The van der Waals surface area contributed by atoms with E-state index in [1.54, 1.807) is 25.1 Å². The van der Waals surface area contributed by atoms with Gasteiger partial charge in [-0.1, -0.05) is 20.3 Å². The normalized spacial score (nSPS) is 13.2. The monoisotopic (exact) mass is 332 g/mol. The molecule has 1 aromatic carbocycles. The molecule has 0 bridgehead atoms. The van der Waals surface area contributed by atoms with Crippen LogP contribution < -0.4 is 10.1 Å². The van der Waals surface area contributed by atoms with Crippen molar-refractivity contribution in [2.24, 2.45) is 0 Å². The van der Waals surface area contributed by atoms with Crippen LogP contribution in [0, 0.1) is 11.3 Å². The fourth-order valence-corrected chi connectivity index (χ4v) is 2.38. The lowest BCUT2D eigenvalue weighted by atomic mass is 9.98. The highest BCUT2D eigenvalue weighted by Gasteiger charge is 2.33. The summed E-state index contributed by atoms with van der Waals surface area (Å²) in [5.41, 5.74) is -0.0539. The van der Waals surface area contributed by atoms with Crippen LogP contribution in [0.4, 0.5) is 5.69 Å². The highest BCUT2D eigenvalue weighted by Crippen LogP contribution is 2.25. The maximum Gasteiger partial charge on any atom is 0.256 e. The number of nitrogens with zero attached hydrogens (tertiary/aromatic N) is 1. The van der Waals surface area contributed by atoms with Crippen molar-refractivity contribution in [3.8, 4) is 11.8 Å². The van der Waals surface area contributed by atoms with E-state index in [1.807, 2.05) is 27.7 Å². The predicted molar refractivity (Wildman–Crippen MR) is 95.1 cm³/mol. The quantitative estimate of drug-likeness (QED) is 0.733. The first kappa shape index (κ1) is 20.0. The van der Waals surface area contributed by atoms with Gasteiger partial charge >= 0.3 is 0 Å². The molecule has 0 radical (unpaired) electrons. The molecule has 0 aromatic heterocycles. The Kier molecular flexibility index (Phi) is 7.73. The van der Waals surface area contributed by atoms with Gasteiger partial charge < -0.3 is 14.8 Å². The molecule has 1 aromatic rings. The van der Waals surface area contributed by atoms with Gasteiger partial charge in [0.15, 0.2) is 0 Å². The number of hydrogen-bond acceptors (Lipinski definition) is 4. The third-order valence-electron chi connectivity index (χ3n) is 3.56. The van der Waals surface area contributed by atoms with E-state index in [9.17, 15) is 10.1 Å². The van der Waals surface area contributed by atoms with Crippen molar-refractivity contribution in [2.75, 3.05) is 11.9 Å². The van der Waals surface area contributed by atoms with Crippen molar-refractivity contribution in [2.45, 2.75) is 65.6 Å². The number of rotatable bonds is 9. The topological polar surface area (TPSA) is 71.3 Å². The van der Waals surface area contributed by atoms with Crippen LogP contribution >= 0.6 is 0 Å². The summed E-state index contributed by atoms with van der Waals surface area (Å²) < 4.78 is 11.4. The number of nitriles is 1. The van der Waals surface area contributed by atoms with Gasteiger partial charge in [0.1, 0.15) is 17.4 Å². The van der Waals surface area contributed by atoms with E-state index in [0.29, 0.717) is 30.0 Å². The third kappa shape index (κ3) is 5.54. The van der Waals surface area contributed by atoms with E-state index in [4.69, 9.17) is 9.47 Å². The Morgan fingerprint density at radius 2 is 2.04 bits per heavy atom. The standard InChI is InChI=1S/C19H28N2O3/c1-6-10-19(5,23-11-7-2)18(22)21-17-9-8-16(24-14(3)4)12-15(17)13-20/h8-9,12,14H,6-7,10-11H2,1-5H3,(H,21,22)/t19-/m0/s1. The number of hydrogen-bond donors (Lipinski definition) is 1. The number of anilines is 1. The van der Waals surface area contributed by atoms with Crippen molar-refractivity contribution in [1.29, 1.82) is 5.26 Å². The lowest BCUT2D eigenvalue weighted by Gasteiger charge is -2.28. The molecule has 0 aliphatic carbocycles. The first-order chi connectivity index (χ1) is 11.4. The van der Waals surface area contributed by atoms with Gasteiger partial charge in [0.25, 0.3) is 5.91 Å². The molecular weight excluding hydrogens is 304 g/mol. The van der Waals surface area contributed by atoms with Crippen molar-refractivity contribution in [3.05, 3.63) is 23.8 Å². The SMILES string of the molecule is CCCO[C@@](C)(CCC)C(=O)Nc1ccc(OC(C)C)cc1C#N. The zero-order valence-electron chi connectivity index (χ0n) is 15.3. The number of benzene rings is 1. The maximum absolute atomic E-state index is 12.7. The molecule has 24 heavy (non-hydrogen) atoms. The molecule has 5 heteroatoms. The Hall–Kier alpha value is -2.06. The number of carbonyl (C=O) groups excluding carboxylic acids is 1. The molecule has 1 atom stereocenters. The minimum Gasteiger partial charge on any atom is -0.491 e. The number of carbonyl (C=O) groups is 1. The molecule has 1 N–H and O–H groups in total. The molecule has 1 amide bonds. The van der Waals surface area contributed by atoms with Crippen LogP contribution in [-0.2, 0) is 9.53 Å². The number of ether oxygens (including phenoxy) is 2. The minimum absolute atomic E-state index is 0.0206. The average Bonchev–Trinajstić information content (AvgIpc) is 2.54. The van der Waals surface area contributed by atoms with Crippen molar-refractivity contribution in [3.63, 3.8) is 0 Å². The smallest absolute Gasteiger partial charge is 0.256 e. The van der Waals surface area contributed by atoms with Gasteiger partial charge in [-0.2, -0.15) is 5.26 Å². The summed E-state index contributed by atoms with van der Waals surface area (Å²) in [7, 11) is 0. The second kappa shape index (κ2) is 9.29. The van der Waals surface area contributed by atoms with Gasteiger partial charge in [-0.05, 0) is 45.7 Å². The Balaban J connectivity index is 2.97. The molecule has 0 saturated carbocycles. The Labute approximate surface area is 145 Å². The highest BCUT2D eigenvalue weighted by molar-refractivity contribution is 5.98. The zero-order chi connectivity index (χ0) is 18.2. The van der Waals surface area contributed by atoms with Crippen molar-refractivity contribution >= 4 is 11.6 Å². The molecular formula is C19H28N2O3. The first-order valence-electron chi connectivity index (χ1n) is 8.52. The van der Waals surface area contributed by atoms with Gasteiger partial charge in [0.2, 0.25) is 0 Å².